The summed E-state index contributed by atoms with van der Waals surface area (Å²) in [5, 5.41) is 0.850. The maximum absolute atomic E-state index is 12.2. The maximum Gasteiger partial charge on any atom is 0.246 e. The topological polar surface area (TPSA) is 20.3 Å². The van der Waals surface area contributed by atoms with E-state index in [2.05, 4.69) is 0 Å². The van der Waals surface area contributed by atoms with Crippen LogP contribution in [0.25, 0.3) is 0 Å². The van der Waals surface area contributed by atoms with Gasteiger partial charge in [-0.1, -0.05) is 47.5 Å². The van der Waals surface area contributed by atoms with Gasteiger partial charge in [-0.05, 0) is 30.7 Å². The molecule has 0 aliphatic heterocycles. The first-order chi connectivity index (χ1) is 9.56. The lowest BCUT2D eigenvalue weighted by Crippen LogP contribution is -2.27. The van der Waals surface area contributed by atoms with Crippen molar-refractivity contribution in [2.45, 2.75) is 6.92 Å². The predicted octanol–water partition coefficient (Wildman–Crippen LogP) is 5.21. The van der Waals surface area contributed by atoms with Gasteiger partial charge in [-0.2, -0.15) is 0 Å². The highest BCUT2D eigenvalue weighted by Gasteiger charge is 2.23. The molecule has 0 N–H and O–H groups in total. The Labute approximate surface area is 132 Å². The van der Waals surface area contributed by atoms with Crippen LogP contribution in [0.5, 0.6) is 0 Å². The minimum Gasteiger partial charge on any atom is -0.277 e. The van der Waals surface area contributed by atoms with Crippen molar-refractivity contribution in [2.75, 3.05) is 10.8 Å². The minimum atomic E-state index is -0.285. The van der Waals surface area contributed by atoms with Gasteiger partial charge in [-0.15, -0.1) is 11.6 Å². The summed E-state index contributed by atoms with van der Waals surface area (Å²) in [5.74, 6) is -0.442. The fourth-order valence-corrected chi connectivity index (χ4v) is 2.54. The quantitative estimate of drug-likeness (QED) is 0.709. The smallest absolute Gasteiger partial charge is 0.246 e. The molecular formula is C15H12Cl3NO. The number of aryl methyl sites for hydroxylation is 1. The maximum atomic E-state index is 12.2. The number of amides is 1. The predicted molar refractivity (Wildman–Crippen MR) is 85.5 cm³/mol. The Morgan fingerprint density at radius 3 is 2.35 bits per heavy atom. The van der Waals surface area contributed by atoms with Crippen LogP contribution in [-0.4, -0.2) is 11.8 Å². The Bertz CT molecular complexity index is 629. The molecule has 0 aromatic heterocycles. The molecule has 0 bridgehead atoms. The van der Waals surface area contributed by atoms with Crippen molar-refractivity contribution in [1.29, 1.82) is 0 Å². The van der Waals surface area contributed by atoms with E-state index in [4.69, 9.17) is 34.8 Å². The number of anilines is 2. The molecule has 0 saturated carbocycles. The second kappa shape index (κ2) is 6.49. The van der Waals surface area contributed by atoms with E-state index in [-0.39, 0.29) is 11.8 Å². The number of para-hydroxylation sites is 1. The van der Waals surface area contributed by atoms with Gasteiger partial charge in [-0.25, -0.2) is 0 Å². The number of nitrogens with zero attached hydrogens (tertiary/aromatic N) is 1. The average Bonchev–Trinajstić information content (AvgIpc) is 2.48. The number of alkyl halides is 1. The third kappa shape index (κ3) is 2.93. The molecule has 0 radical (unpaired) electrons. The van der Waals surface area contributed by atoms with Gasteiger partial charge in [0.2, 0.25) is 5.91 Å². The average molecular weight is 329 g/mol. The van der Waals surface area contributed by atoms with Crippen LogP contribution in [0.15, 0.2) is 42.5 Å². The third-order valence-electron chi connectivity index (χ3n) is 2.86. The molecule has 0 atom stereocenters. The van der Waals surface area contributed by atoms with Crippen LogP contribution < -0.4 is 4.90 Å². The largest absolute Gasteiger partial charge is 0.277 e. The van der Waals surface area contributed by atoms with Crippen LogP contribution in [0.3, 0.4) is 0 Å². The van der Waals surface area contributed by atoms with Crippen molar-refractivity contribution in [3.05, 3.63) is 58.1 Å². The summed E-state index contributed by atoms with van der Waals surface area (Å²) in [6, 6.07) is 12.7. The molecule has 5 heteroatoms. The van der Waals surface area contributed by atoms with Crippen molar-refractivity contribution in [2.24, 2.45) is 0 Å². The Balaban J connectivity index is 2.65. The van der Waals surface area contributed by atoms with Crippen LogP contribution in [0.4, 0.5) is 11.4 Å². The molecule has 0 spiro atoms. The van der Waals surface area contributed by atoms with E-state index in [0.29, 0.717) is 21.4 Å². The SMILES string of the molecule is Cc1ccc(Cl)c(N(C(=O)CCl)c2ccccc2)c1Cl. The molecule has 20 heavy (non-hydrogen) atoms. The number of hydrogen-bond donors (Lipinski definition) is 0. The Kier molecular flexibility index (Phi) is 4.92. The van der Waals surface area contributed by atoms with Gasteiger partial charge in [0, 0.05) is 5.69 Å². The number of halogens is 3. The first-order valence-electron chi connectivity index (χ1n) is 5.95. The van der Waals surface area contributed by atoms with Gasteiger partial charge < -0.3 is 0 Å². The standard InChI is InChI=1S/C15H12Cl3NO/c1-10-7-8-12(17)15(14(10)18)19(13(20)9-16)11-5-3-2-4-6-11/h2-8H,9H2,1H3. The van der Waals surface area contributed by atoms with Gasteiger partial charge >= 0.3 is 0 Å². The lowest BCUT2D eigenvalue weighted by molar-refractivity contribution is -0.115. The molecule has 0 aliphatic rings. The Hall–Kier alpha value is -1.22. The molecule has 1 amide bonds. The highest BCUT2D eigenvalue weighted by atomic mass is 35.5. The highest BCUT2D eigenvalue weighted by molar-refractivity contribution is 6.41. The van der Waals surface area contributed by atoms with E-state index in [1.807, 2.05) is 31.2 Å². The zero-order chi connectivity index (χ0) is 14.7. The van der Waals surface area contributed by atoms with E-state index < -0.39 is 0 Å². The first-order valence-corrected chi connectivity index (χ1v) is 7.24. The minimum absolute atomic E-state index is 0.157. The molecule has 2 nitrogen and oxygen atoms in total. The summed E-state index contributed by atoms with van der Waals surface area (Å²) in [5.41, 5.74) is 1.98. The summed E-state index contributed by atoms with van der Waals surface area (Å²) in [6.07, 6.45) is 0. The molecule has 0 heterocycles. The van der Waals surface area contributed by atoms with E-state index in [9.17, 15) is 4.79 Å². The summed E-state index contributed by atoms with van der Waals surface area (Å²) in [6.45, 7) is 1.86. The molecule has 2 aromatic carbocycles. The van der Waals surface area contributed by atoms with Crippen molar-refractivity contribution in [3.8, 4) is 0 Å². The van der Waals surface area contributed by atoms with E-state index >= 15 is 0 Å². The molecule has 0 unspecified atom stereocenters. The summed E-state index contributed by atoms with van der Waals surface area (Å²) >= 11 is 18.3. The second-order valence-corrected chi connectivity index (χ2v) is 5.28. The van der Waals surface area contributed by atoms with E-state index in [1.54, 1.807) is 18.2 Å². The fraction of sp³-hybridized carbons (Fsp3) is 0.133. The zero-order valence-electron chi connectivity index (χ0n) is 10.7. The molecule has 104 valence electrons. The first kappa shape index (κ1) is 15.2. The third-order valence-corrected chi connectivity index (χ3v) is 3.87. The van der Waals surface area contributed by atoms with Gasteiger partial charge in [0.05, 0.1) is 15.7 Å². The summed E-state index contributed by atoms with van der Waals surface area (Å²) in [4.78, 5) is 13.7. The summed E-state index contributed by atoms with van der Waals surface area (Å²) < 4.78 is 0. The molecular weight excluding hydrogens is 317 g/mol. The van der Waals surface area contributed by atoms with Crippen molar-refractivity contribution >= 4 is 52.1 Å². The van der Waals surface area contributed by atoms with Crippen molar-refractivity contribution in [3.63, 3.8) is 0 Å². The normalized spacial score (nSPS) is 10.4. The Morgan fingerprint density at radius 1 is 1.10 bits per heavy atom. The van der Waals surface area contributed by atoms with Crippen LogP contribution in [0.1, 0.15) is 5.56 Å². The van der Waals surface area contributed by atoms with Crippen LogP contribution in [0.2, 0.25) is 10.0 Å². The number of hydrogen-bond acceptors (Lipinski definition) is 1. The fourth-order valence-electron chi connectivity index (χ4n) is 1.88. The number of carbonyl (C=O) groups is 1. The number of carbonyl (C=O) groups excluding carboxylic acids is 1. The van der Waals surface area contributed by atoms with Crippen molar-refractivity contribution in [1.82, 2.24) is 0 Å². The second-order valence-electron chi connectivity index (χ2n) is 4.23. The number of rotatable bonds is 3. The van der Waals surface area contributed by atoms with Crippen LogP contribution in [-0.2, 0) is 4.79 Å². The van der Waals surface area contributed by atoms with Crippen LogP contribution >= 0.6 is 34.8 Å². The highest BCUT2D eigenvalue weighted by Crippen LogP contribution is 2.39. The molecule has 2 rings (SSSR count). The monoisotopic (exact) mass is 327 g/mol. The van der Waals surface area contributed by atoms with E-state index in [1.165, 1.54) is 4.90 Å². The van der Waals surface area contributed by atoms with Crippen molar-refractivity contribution < 1.29 is 4.79 Å². The van der Waals surface area contributed by atoms with Gasteiger partial charge in [0.15, 0.2) is 0 Å². The van der Waals surface area contributed by atoms with Gasteiger partial charge in [0.25, 0.3) is 0 Å². The lowest BCUT2D eigenvalue weighted by atomic mass is 10.1. The summed E-state index contributed by atoms with van der Waals surface area (Å²) in [7, 11) is 0. The molecule has 2 aromatic rings. The molecule has 0 aliphatic carbocycles. The zero-order valence-corrected chi connectivity index (χ0v) is 13.0. The van der Waals surface area contributed by atoms with Gasteiger partial charge in [-0.3, -0.25) is 9.69 Å². The van der Waals surface area contributed by atoms with Gasteiger partial charge in [0.1, 0.15) is 5.88 Å². The molecule has 0 fully saturated rings. The van der Waals surface area contributed by atoms with Crippen LogP contribution in [0, 0.1) is 6.92 Å². The lowest BCUT2D eigenvalue weighted by Gasteiger charge is -2.25. The van der Waals surface area contributed by atoms with E-state index in [0.717, 1.165) is 5.56 Å². The number of benzene rings is 2. The molecule has 0 saturated heterocycles. The Morgan fingerprint density at radius 2 is 1.75 bits per heavy atom.